The monoisotopic (exact) mass is 339 g/mol. The lowest BCUT2D eigenvalue weighted by Crippen LogP contribution is -2.38. The molecule has 1 atom stereocenters. The Bertz CT molecular complexity index is 483. The van der Waals surface area contributed by atoms with Crippen LogP contribution in [-0.2, 0) is 4.74 Å². The molecule has 0 saturated carbocycles. The first-order valence-electron chi connectivity index (χ1n) is 8.59. The number of benzene rings is 1. The van der Waals surface area contributed by atoms with Crippen LogP contribution in [0.4, 0.5) is 4.39 Å². The largest absolute Gasteiger partial charge is 0.489 e. The van der Waals surface area contributed by atoms with Crippen LogP contribution in [-0.4, -0.2) is 45.4 Å². The molecule has 1 unspecified atom stereocenters. The van der Waals surface area contributed by atoms with E-state index in [0.717, 1.165) is 44.9 Å². The summed E-state index contributed by atoms with van der Waals surface area (Å²) >= 11 is 0. The van der Waals surface area contributed by atoms with Crippen LogP contribution in [0.15, 0.2) is 29.3 Å². The van der Waals surface area contributed by atoms with Gasteiger partial charge in [0.15, 0.2) is 5.96 Å². The zero-order chi connectivity index (χ0) is 17.6. The summed E-state index contributed by atoms with van der Waals surface area (Å²) in [7, 11) is 1.72. The van der Waals surface area contributed by atoms with Gasteiger partial charge in [0, 0.05) is 32.9 Å². The van der Waals surface area contributed by atoms with E-state index in [-0.39, 0.29) is 11.9 Å². The predicted molar refractivity (Wildman–Crippen MR) is 96.2 cm³/mol. The Morgan fingerprint density at radius 3 is 2.79 bits per heavy atom. The summed E-state index contributed by atoms with van der Waals surface area (Å²) in [6, 6.07) is 6.15. The first kappa shape index (κ1) is 20.2. The summed E-state index contributed by atoms with van der Waals surface area (Å²) in [6.07, 6.45) is 3.14. The number of halogens is 1. The third-order valence-electron chi connectivity index (χ3n) is 3.30. The van der Waals surface area contributed by atoms with Crippen LogP contribution in [0.3, 0.4) is 0 Å². The molecule has 0 aliphatic carbocycles. The van der Waals surface area contributed by atoms with E-state index in [1.807, 2.05) is 13.8 Å². The van der Waals surface area contributed by atoms with E-state index >= 15 is 0 Å². The molecule has 0 heterocycles. The first-order valence-corrected chi connectivity index (χ1v) is 8.59. The highest BCUT2D eigenvalue weighted by molar-refractivity contribution is 5.79. The summed E-state index contributed by atoms with van der Waals surface area (Å²) in [4.78, 5) is 4.52. The van der Waals surface area contributed by atoms with Crippen LogP contribution in [0.5, 0.6) is 5.75 Å². The van der Waals surface area contributed by atoms with Crippen LogP contribution in [0.2, 0.25) is 0 Å². The Hall–Kier alpha value is -1.82. The summed E-state index contributed by atoms with van der Waals surface area (Å²) in [5.74, 6) is 0.999. The number of methoxy groups -OCH3 is 1. The van der Waals surface area contributed by atoms with Gasteiger partial charge in [-0.3, -0.25) is 0 Å². The van der Waals surface area contributed by atoms with E-state index in [2.05, 4.69) is 15.6 Å². The SMILES string of the molecule is CCNC(=NCC(C)Oc1cccc(F)c1)NCCCCCOC. The first-order chi connectivity index (χ1) is 11.7. The number of guanidine groups is 1. The number of aliphatic imine (C=N–C) groups is 1. The molecule has 24 heavy (non-hydrogen) atoms. The van der Waals surface area contributed by atoms with Crippen molar-refractivity contribution in [3.8, 4) is 5.75 Å². The fourth-order valence-corrected chi connectivity index (χ4v) is 2.13. The van der Waals surface area contributed by atoms with E-state index in [4.69, 9.17) is 9.47 Å². The lowest BCUT2D eigenvalue weighted by atomic mass is 10.2. The Labute approximate surface area is 144 Å². The molecule has 0 bridgehead atoms. The van der Waals surface area contributed by atoms with Gasteiger partial charge in [-0.15, -0.1) is 0 Å². The fourth-order valence-electron chi connectivity index (χ4n) is 2.13. The minimum Gasteiger partial charge on any atom is -0.489 e. The molecule has 0 aromatic heterocycles. The second-order valence-electron chi connectivity index (χ2n) is 5.59. The average Bonchev–Trinajstić information content (AvgIpc) is 2.55. The van der Waals surface area contributed by atoms with E-state index in [1.54, 1.807) is 19.2 Å². The summed E-state index contributed by atoms with van der Waals surface area (Å²) in [6.45, 7) is 6.92. The zero-order valence-corrected chi connectivity index (χ0v) is 15.0. The average molecular weight is 339 g/mol. The minimum atomic E-state index is -0.299. The summed E-state index contributed by atoms with van der Waals surface area (Å²) < 4.78 is 23.9. The third-order valence-corrected chi connectivity index (χ3v) is 3.30. The zero-order valence-electron chi connectivity index (χ0n) is 15.0. The summed E-state index contributed by atoms with van der Waals surface area (Å²) in [5.41, 5.74) is 0. The number of rotatable bonds is 11. The van der Waals surface area contributed by atoms with Gasteiger partial charge in [-0.2, -0.15) is 0 Å². The number of ether oxygens (including phenoxy) is 2. The topological polar surface area (TPSA) is 54.9 Å². The lowest BCUT2D eigenvalue weighted by molar-refractivity contribution is 0.192. The van der Waals surface area contributed by atoms with Crippen molar-refractivity contribution in [3.63, 3.8) is 0 Å². The van der Waals surface area contributed by atoms with Crippen molar-refractivity contribution >= 4 is 5.96 Å². The fraction of sp³-hybridized carbons (Fsp3) is 0.611. The molecule has 0 radical (unpaired) electrons. The van der Waals surface area contributed by atoms with Crippen molar-refractivity contribution < 1.29 is 13.9 Å². The maximum absolute atomic E-state index is 13.1. The normalized spacial score (nSPS) is 12.8. The number of nitrogens with one attached hydrogen (secondary N) is 2. The number of nitrogens with zero attached hydrogens (tertiary/aromatic N) is 1. The van der Waals surface area contributed by atoms with Gasteiger partial charge in [-0.25, -0.2) is 9.38 Å². The molecule has 2 N–H and O–H groups in total. The van der Waals surface area contributed by atoms with Crippen molar-refractivity contribution in [2.24, 2.45) is 4.99 Å². The molecule has 0 aliphatic rings. The lowest BCUT2D eigenvalue weighted by Gasteiger charge is -2.15. The van der Waals surface area contributed by atoms with E-state index in [0.29, 0.717) is 12.3 Å². The Morgan fingerprint density at radius 2 is 2.08 bits per heavy atom. The molecule has 0 saturated heterocycles. The predicted octanol–water partition coefficient (Wildman–Crippen LogP) is 2.96. The van der Waals surface area contributed by atoms with E-state index in [9.17, 15) is 4.39 Å². The van der Waals surface area contributed by atoms with Gasteiger partial charge < -0.3 is 20.1 Å². The Balaban J connectivity index is 2.35. The Morgan fingerprint density at radius 1 is 1.25 bits per heavy atom. The minimum absolute atomic E-state index is 0.135. The smallest absolute Gasteiger partial charge is 0.191 e. The molecular weight excluding hydrogens is 309 g/mol. The molecule has 6 heteroatoms. The maximum atomic E-state index is 13.1. The van der Waals surface area contributed by atoms with Gasteiger partial charge >= 0.3 is 0 Å². The van der Waals surface area contributed by atoms with Gasteiger partial charge in [0.25, 0.3) is 0 Å². The molecule has 5 nitrogen and oxygen atoms in total. The highest BCUT2D eigenvalue weighted by Crippen LogP contribution is 2.13. The molecule has 0 fully saturated rings. The van der Waals surface area contributed by atoms with Gasteiger partial charge in [0.1, 0.15) is 17.7 Å². The number of hydrogen-bond acceptors (Lipinski definition) is 3. The van der Waals surface area contributed by atoms with Crippen molar-refractivity contribution in [1.29, 1.82) is 0 Å². The van der Waals surface area contributed by atoms with Crippen molar-refractivity contribution in [3.05, 3.63) is 30.1 Å². The highest BCUT2D eigenvalue weighted by atomic mass is 19.1. The van der Waals surface area contributed by atoms with Crippen molar-refractivity contribution in [2.75, 3.05) is 33.4 Å². The number of unbranched alkanes of at least 4 members (excludes halogenated alkanes) is 2. The van der Waals surface area contributed by atoms with Gasteiger partial charge in [0.2, 0.25) is 0 Å². The van der Waals surface area contributed by atoms with Crippen LogP contribution < -0.4 is 15.4 Å². The standard InChI is InChI=1S/C18H30FN3O2/c1-4-20-18(21-11-6-5-7-12-23-3)22-14-15(2)24-17-10-8-9-16(19)13-17/h8-10,13,15H,4-7,11-12,14H2,1-3H3,(H2,20,21,22). The molecule has 0 spiro atoms. The molecule has 1 aromatic rings. The van der Waals surface area contributed by atoms with Crippen LogP contribution >= 0.6 is 0 Å². The molecular formula is C18H30FN3O2. The second kappa shape index (κ2) is 12.6. The van der Waals surface area contributed by atoms with Crippen molar-refractivity contribution in [2.45, 2.75) is 39.2 Å². The molecule has 1 rings (SSSR count). The number of hydrogen-bond donors (Lipinski definition) is 2. The van der Waals surface area contributed by atoms with Crippen LogP contribution in [0.1, 0.15) is 33.1 Å². The van der Waals surface area contributed by atoms with Crippen LogP contribution in [0.25, 0.3) is 0 Å². The van der Waals surface area contributed by atoms with Gasteiger partial charge in [-0.05, 0) is 45.2 Å². The van der Waals surface area contributed by atoms with E-state index < -0.39 is 0 Å². The highest BCUT2D eigenvalue weighted by Gasteiger charge is 2.05. The van der Waals surface area contributed by atoms with E-state index in [1.165, 1.54) is 12.1 Å². The van der Waals surface area contributed by atoms with Crippen LogP contribution in [0, 0.1) is 5.82 Å². The molecule has 0 aliphatic heterocycles. The molecule has 136 valence electrons. The second-order valence-corrected chi connectivity index (χ2v) is 5.59. The molecule has 0 amide bonds. The maximum Gasteiger partial charge on any atom is 0.191 e. The Kier molecular flexibility index (Phi) is 10.6. The van der Waals surface area contributed by atoms with Gasteiger partial charge in [0.05, 0.1) is 6.54 Å². The van der Waals surface area contributed by atoms with Crippen molar-refractivity contribution in [1.82, 2.24) is 10.6 Å². The quantitative estimate of drug-likeness (QED) is 0.370. The third kappa shape index (κ3) is 9.35. The summed E-state index contributed by atoms with van der Waals surface area (Å²) in [5, 5.41) is 6.52. The van der Waals surface area contributed by atoms with Gasteiger partial charge in [-0.1, -0.05) is 6.07 Å². The molecule has 1 aromatic carbocycles.